The molecule has 5 amide bonds. The lowest BCUT2D eigenvalue weighted by atomic mass is 9.81. The molecular formula is C59H67FN8O12S2. The number of carbonyl (C=O) groups is 6. The van der Waals surface area contributed by atoms with Gasteiger partial charge in [0.2, 0.25) is 29.5 Å². The van der Waals surface area contributed by atoms with Crippen molar-refractivity contribution >= 4 is 63.3 Å². The van der Waals surface area contributed by atoms with Crippen LogP contribution >= 0.6 is 22.7 Å². The van der Waals surface area contributed by atoms with Gasteiger partial charge in [-0.05, 0) is 89.9 Å². The van der Waals surface area contributed by atoms with Crippen LogP contribution in [0.25, 0.3) is 21.6 Å². The van der Waals surface area contributed by atoms with Crippen LogP contribution in [-0.4, -0.2) is 133 Å². The van der Waals surface area contributed by atoms with Gasteiger partial charge in [-0.3, -0.25) is 24.0 Å². The minimum absolute atomic E-state index is 0.0364. The summed E-state index contributed by atoms with van der Waals surface area (Å²) in [7, 11) is 1.28. The van der Waals surface area contributed by atoms with Crippen LogP contribution < -0.4 is 36.1 Å². The van der Waals surface area contributed by atoms with Crippen molar-refractivity contribution in [2.24, 2.45) is 5.41 Å². The largest absolute Gasteiger partial charge is 0.487 e. The number of benzene rings is 4. The van der Waals surface area contributed by atoms with Crippen molar-refractivity contribution in [1.82, 2.24) is 36.1 Å². The maximum atomic E-state index is 15.8. The topological polar surface area (TPSA) is 258 Å². The molecule has 6 aromatic rings. The Morgan fingerprint density at radius 2 is 1.63 bits per heavy atom. The summed E-state index contributed by atoms with van der Waals surface area (Å²) in [6, 6.07) is 20.2. The van der Waals surface area contributed by atoms with Crippen molar-refractivity contribution in [3.8, 4) is 38.8 Å². The van der Waals surface area contributed by atoms with Gasteiger partial charge in [0.1, 0.15) is 43.5 Å². The molecule has 1 fully saturated rings. The van der Waals surface area contributed by atoms with E-state index in [1.165, 1.54) is 29.4 Å². The maximum absolute atomic E-state index is 15.8. The fourth-order valence-corrected chi connectivity index (χ4v) is 11.0. The van der Waals surface area contributed by atoms with Crippen LogP contribution in [0.2, 0.25) is 0 Å². The van der Waals surface area contributed by atoms with E-state index in [2.05, 4.69) is 36.6 Å². The number of nitrogens with one attached hydrogen (secondary N) is 5. The van der Waals surface area contributed by atoms with Gasteiger partial charge >= 0.3 is 5.97 Å². The third-order valence-corrected chi connectivity index (χ3v) is 15.5. The lowest BCUT2D eigenvalue weighted by molar-refractivity contribution is -0.145. The van der Waals surface area contributed by atoms with E-state index in [1.807, 2.05) is 44.2 Å². The second-order valence-corrected chi connectivity index (χ2v) is 22.8. The highest BCUT2D eigenvalue weighted by molar-refractivity contribution is 7.14. The normalized spacial score (nSPS) is 17.0. The van der Waals surface area contributed by atoms with Gasteiger partial charge in [0, 0.05) is 67.8 Å². The number of anilines is 1. The number of esters is 1. The summed E-state index contributed by atoms with van der Waals surface area (Å²) in [4.78, 5) is 89.5. The van der Waals surface area contributed by atoms with Crippen molar-refractivity contribution < 1.29 is 61.9 Å². The highest BCUT2D eigenvalue weighted by Crippen LogP contribution is 2.42. The van der Waals surface area contributed by atoms with Crippen molar-refractivity contribution in [2.45, 2.75) is 84.2 Å². The van der Waals surface area contributed by atoms with E-state index in [9.17, 15) is 33.9 Å². The molecule has 4 aromatic carbocycles. The summed E-state index contributed by atoms with van der Waals surface area (Å²) in [6.07, 6.45) is 1.40. The summed E-state index contributed by atoms with van der Waals surface area (Å²) in [6.45, 7) is 9.28. The number of ether oxygens (including phenoxy) is 5. The Morgan fingerprint density at radius 3 is 2.33 bits per heavy atom. The number of hydrogen-bond acceptors (Lipinski definition) is 17. The van der Waals surface area contributed by atoms with Gasteiger partial charge in [-0.2, -0.15) is 0 Å². The van der Waals surface area contributed by atoms with Gasteiger partial charge in [0.25, 0.3) is 0 Å². The van der Waals surface area contributed by atoms with Gasteiger partial charge in [-0.25, -0.2) is 19.2 Å². The summed E-state index contributed by atoms with van der Waals surface area (Å²) in [5, 5.41) is 27.5. The molecule has 1 saturated heterocycles. The van der Waals surface area contributed by atoms with Gasteiger partial charge < -0.3 is 60.3 Å². The van der Waals surface area contributed by atoms with Gasteiger partial charge in [0.15, 0.2) is 16.6 Å². The zero-order valence-corrected chi connectivity index (χ0v) is 48.1. The van der Waals surface area contributed by atoms with E-state index in [0.29, 0.717) is 35.0 Å². The van der Waals surface area contributed by atoms with Crippen molar-refractivity contribution in [3.05, 3.63) is 130 Å². The summed E-state index contributed by atoms with van der Waals surface area (Å²) in [5.41, 5.74) is 5.85. The highest BCUT2D eigenvalue weighted by Gasteiger charge is 2.44. The van der Waals surface area contributed by atoms with Crippen LogP contribution in [0.4, 0.5) is 9.52 Å². The molecule has 8 rings (SSSR count). The number of likely N-dealkylation sites (tertiary alicyclic amines) is 1. The number of nitrogens with zero attached hydrogens (tertiary/aromatic N) is 3. The SMILES string of the molecule is COC(=O)c1ccc(-c2ccc(Oc3cc4c(cc3OCCOCCNC(=O)COCC(=O)NC(C(=O)N3C[C@H](O)C[C@H]3C(=O)NCc3ccc(-c5scnc5C)cc3)C(C)(C)C)CCN[C@]4(C)CC(=O)Nc3nccs3)cc2F)cc1. The molecule has 0 aliphatic carbocycles. The summed E-state index contributed by atoms with van der Waals surface area (Å²) in [5.74, 6) is -2.64. The second-order valence-electron chi connectivity index (χ2n) is 21.1. The first-order valence-electron chi connectivity index (χ1n) is 26.7. The molecule has 82 heavy (non-hydrogen) atoms. The van der Waals surface area contributed by atoms with Gasteiger partial charge in [-0.15, -0.1) is 22.7 Å². The number of methoxy groups -OCH3 is 1. The van der Waals surface area contributed by atoms with E-state index in [4.69, 9.17) is 23.7 Å². The Morgan fingerprint density at radius 1 is 0.878 bits per heavy atom. The van der Waals surface area contributed by atoms with E-state index in [-0.39, 0.29) is 75.3 Å². The van der Waals surface area contributed by atoms with Crippen molar-refractivity contribution in [3.63, 3.8) is 0 Å². The molecule has 0 radical (unpaired) electrons. The van der Waals surface area contributed by atoms with E-state index in [1.54, 1.807) is 91.7 Å². The number of hydrogen-bond donors (Lipinski definition) is 6. The average molecular weight is 1160 g/mol. The Kier molecular flexibility index (Phi) is 20.2. The summed E-state index contributed by atoms with van der Waals surface area (Å²) >= 11 is 2.86. The third-order valence-electron chi connectivity index (χ3n) is 13.9. The lowest BCUT2D eigenvalue weighted by Gasteiger charge is -2.37. The standard InChI is InChI=1S/C59H67FN8O12S2/c1-35-52(82-34-64-35)38-9-7-36(8-10-38)30-63-54(73)46-26-41(69)31-68(46)55(74)53(58(2,3)4)66-51(72)33-78-32-50(71)61-19-21-77-22-23-79-47-25-40-17-18-65-59(5,29-49(70)67-57-62-20-24-81-57)44(40)28-48(47)80-42-15-16-43(45(60)27-42)37-11-13-39(14-12-37)56(75)76-6/h7-16,20,24-25,27-28,34,41,46,53,65,69H,17-19,21-23,26,29-33H2,1-6H3,(H,61,71)(H,63,73)(H,66,72)(H,62,67,70)/t41-,46+,53?,59-/m1/s1. The molecule has 2 aliphatic rings. The number of aromatic nitrogens is 2. The highest BCUT2D eigenvalue weighted by atomic mass is 32.1. The Balaban J connectivity index is 0.802. The van der Waals surface area contributed by atoms with E-state index < -0.39 is 77.8 Å². The molecule has 6 N–H and O–H groups in total. The monoisotopic (exact) mass is 1160 g/mol. The number of rotatable bonds is 24. The average Bonchev–Trinajstić information content (AvgIpc) is 4.35. The molecule has 0 spiro atoms. The summed E-state index contributed by atoms with van der Waals surface area (Å²) < 4.78 is 44.3. The number of amides is 5. The molecule has 434 valence electrons. The van der Waals surface area contributed by atoms with Crippen LogP contribution in [0.5, 0.6) is 17.2 Å². The van der Waals surface area contributed by atoms with Crippen molar-refractivity contribution in [2.75, 3.05) is 65.1 Å². The van der Waals surface area contributed by atoms with Crippen LogP contribution in [-0.2, 0) is 56.7 Å². The van der Waals surface area contributed by atoms with Crippen LogP contribution in [0.15, 0.2) is 96.0 Å². The Bertz CT molecular complexity index is 3230. The molecule has 0 bridgehead atoms. The smallest absolute Gasteiger partial charge is 0.337 e. The van der Waals surface area contributed by atoms with Gasteiger partial charge in [-0.1, -0.05) is 57.2 Å². The van der Waals surface area contributed by atoms with E-state index in [0.717, 1.165) is 32.8 Å². The number of halogens is 1. The number of fused-ring (bicyclic) bond motifs is 1. The Hall–Kier alpha value is -7.67. The number of aryl methyl sites for hydroxylation is 1. The van der Waals surface area contributed by atoms with Gasteiger partial charge in [0.05, 0.1) is 48.1 Å². The van der Waals surface area contributed by atoms with Crippen LogP contribution in [0, 0.1) is 18.2 Å². The molecule has 2 aliphatic heterocycles. The zero-order chi connectivity index (χ0) is 58.6. The lowest BCUT2D eigenvalue weighted by Crippen LogP contribution is -2.58. The Labute approximate surface area is 482 Å². The van der Waals surface area contributed by atoms with Crippen LogP contribution in [0.3, 0.4) is 0 Å². The first kappa shape index (κ1) is 60.4. The number of β-amino-alcohol motifs (C(OH)–C–C–N with tert-alkyl or cyclic N) is 1. The molecular weight excluding hydrogens is 1100 g/mol. The quantitative estimate of drug-likeness (QED) is 0.0273. The molecule has 23 heteroatoms. The van der Waals surface area contributed by atoms with E-state index >= 15 is 4.39 Å². The predicted molar refractivity (Wildman–Crippen MR) is 306 cm³/mol. The molecule has 2 aromatic heterocycles. The fraction of sp³-hybridized carbons (Fsp3) is 0.390. The third kappa shape index (κ3) is 15.7. The maximum Gasteiger partial charge on any atom is 0.337 e. The van der Waals surface area contributed by atoms with Crippen molar-refractivity contribution in [1.29, 1.82) is 0 Å². The number of aliphatic hydroxyl groups is 1. The molecule has 1 unspecified atom stereocenters. The number of thiazole rings is 2. The zero-order valence-electron chi connectivity index (χ0n) is 46.4. The molecule has 4 heterocycles. The molecule has 20 nitrogen and oxygen atoms in total. The number of aliphatic hydroxyl groups excluding tert-OH is 1. The van der Waals surface area contributed by atoms with Crippen LogP contribution in [0.1, 0.15) is 73.3 Å². The number of carbonyl (C=O) groups excluding carboxylic acids is 6. The molecule has 0 saturated carbocycles. The first-order valence-corrected chi connectivity index (χ1v) is 28.4. The fourth-order valence-electron chi connectivity index (χ4n) is 9.68. The minimum Gasteiger partial charge on any atom is -0.487 e. The first-order chi connectivity index (χ1) is 39.3. The predicted octanol–water partition coefficient (Wildman–Crippen LogP) is 6.69. The molecule has 4 atom stereocenters. The minimum atomic E-state index is -1.09. The second kappa shape index (κ2) is 27.4.